The second-order valence-electron chi connectivity index (χ2n) is 6.23. The topological polar surface area (TPSA) is 0 Å². The molecule has 0 nitrogen and oxygen atoms in total. The molecule has 0 N–H and O–H groups in total. The van der Waals surface area contributed by atoms with Crippen molar-refractivity contribution in [3.8, 4) is 0 Å². The second-order valence-corrected chi connectivity index (χ2v) is 10.6. The standard InChI is InChI=1S/C17H26Si/c1-18(2,17-13-7-4-8-14-17)15-9-12-16-10-5-3-6-11-16/h4,7-9,13-16H,3,5-6,10-12H2,1-2H3. The molecule has 1 aromatic carbocycles. The predicted molar refractivity (Wildman–Crippen MR) is 83.9 cm³/mol. The lowest BCUT2D eigenvalue weighted by Crippen LogP contribution is -2.39. The number of hydrogen-bond donors (Lipinski definition) is 0. The molecule has 1 heteroatoms. The van der Waals surface area contributed by atoms with Crippen LogP contribution in [0.5, 0.6) is 0 Å². The molecule has 1 fully saturated rings. The molecule has 0 atom stereocenters. The van der Waals surface area contributed by atoms with E-state index in [0.29, 0.717) is 0 Å². The first-order valence-electron chi connectivity index (χ1n) is 7.42. The zero-order valence-electron chi connectivity index (χ0n) is 11.9. The molecule has 1 aromatic rings. The molecule has 98 valence electrons. The van der Waals surface area contributed by atoms with Gasteiger partial charge in [0.1, 0.15) is 8.07 Å². The highest BCUT2D eigenvalue weighted by molar-refractivity contribution is 6.93. The number of rotatable bonds is 4. The average Bonchev–Trinajstić information content (AvgIpc) is 2.41. The molecule has 1 aliphatic rings. The van der Waals surface area contributed by atoms with Crippen LogP contribution in [-0.2, 0) is 0 Å². The van der Waals surface area contributed by atoms with Crippen molar-refractivity contribution in [3.05, 3.63) is 42.1 Å². The third-order valence-electron chi connectivity index (χ3n) is 4.25. The molecular formula is C17H26Si. The van der Waals surface area contributed by atoms with Crippen LogP contribution in [-0.4, -0.2) is 8.07 Å². The van der Waals surface area contributed by atoms with Crippen LogP contribution in [0.1, 0.15) is 38.5 Å². The van der Waals surface area contributed by atoms with Crippen LogP contribution in [0, 0.1) is 5.92 Å². The summed E-state index contributed by atoms with van der Waals surface area (Å²) < 4.78 is 0. The van der Waals surface area contributed by atoms with E-state index in [1.165, 1.54) is 38.5 Å². The van der Waals surface area contributed by atoms with E-state index >= 15 is 0 Å². The van der Waals surface area contributed by atoms with Crippen molar-refractivity contribution in [2.45, 2.75) is 51.6 Å². The van der Waals surface area contributed by atoms with Gasteiger partial charge in [-0.15, -0.1) is 0 Å². The minimum Gasteiger partial charge on any atom is -0.0943 e. The van der Waals surface area contributed by atoms with Crippen molar-refractivity contribution in [2.24, 2.45) is 5.92 Å². The van der Waals surface area contributed by atoms with Gasteiger partial charge in [-0.1, -0.05) is 92.5 Å². The van der Waals surface area contributed by atoms with Gasteiger partial charge in [0.15, 0.2) is 0 Å². The molecule has 0 saturated heterocycles. The quantitative estimate of drug-likeness (QED) is 0.689. The van der Waals surface area contributed by atoms with E-state index in [4.69, 9.17) is 0 Å². The maximum absolute atomic E-state index is 2.54. The monoisotopic (exact) mass is 258 g/mol. The van der Waals surface area contributed by atoms with Crippen LogP contribution in [0.2, 0.25) is 13.1 Å². The lowest BCUT2D eigenvalue weighted by molar-refractivity contribution is 0.361. The smallest absolute Gasteiger partial charge is 0.0943 e. The third-order valence-corrected chi connectivity index (χ3v) is 7.14. The van der Waals surface area contributed by atoms with E-state index in [1.54, 1.807) is 5.19 Å². The molecular weight excluding hydrogens is 232 g/mol. The number of benzene rings is 1. The Morgan fingerprint density at radius 1 is 1.06 bits per heavy atom. The predicted octanol–water partition coefficient (Wildman–Crippen LogP) is 4.67. The van der Waals surface area contributed by atoms with Crippen LogP contribution < -0.4 is 5.19 Å². The summed E-state index contributed by atoms with van der Waals surface area (Å²) in [6.45, 7) is 4.89. The molecule has 0 aromatic heterocycles. The van der Waals surface area contributed by atoms with E-state index in [-0.39, 0.29) is 0 Å². The first kappa shape index (κ1) is 13.6. The molecule has 0 amide bonds. The van der Waals surface area contributed by atoms with Crippen LogP contribution in [0.15, 0.2) is 42.1 Å². The Morgan fingerprint density at radius 3 is 2.39 bits per heavy atom. The first-order chi connectivity index (χ1) is 8.68. The summed E-state index contributed by atoms with van der Waals surface area (Å²) in [6, 6.07) is 11.0. The van der Waals surface area contributed by atoms with Crippen molar-refractivity contribution < 1.29 is 0 Å². The van der Waals surface area contributed by atoms with Crippen LogP contribution in [0.4, 0.5) is 0 Å². The van der Waals surface area contributed by atoms with Crippen molar-refractivity contribution in [1.82, 2.24) is 0 Å². The highest BCUT2D eigenvalue weighted by atomic mass is 28.3. The normalized spacial score (nSPS) is 18.3. The van der Waals surface area contributed by atoms with Crippen molar-refractivity contribution in [2.75, 3.05) is 0 Å². The Bertz CT molecular complexity index is 372. The number of hydrogen-bond acceptors (Lipinski definition) is 0. The Morgan fingerprint density at radius 2 is 1.72 bits per heavy atom. The first-order valence-corrected chi connectivity index (χ1v) is 10.5. The van der Waals surface area contributed by atoms with Gasteiger partial charge in [-0.25, -0.2) is 0 Å². The van der Waals surface area contributed by atoms with Crippen molar-refractivity contribution in [3.63, 3.8) is 0 Å². The summed E-state index contributed by atoms with van der Waals surface area (Å²) in [7, 11) is -1.34. The second kappa shape index (κ2) is 6.37. The van der Waals surface area contributed by atoms with Gasteiger partial charge in [-0.3, -0.25) is 0 Å². The molecule has 18 heavy (non-hydrogen) atoms. The van der Waals surface area contributed by atoms with E-state index in [0.717, 1.165) is 5.92 Å². The van der Waals surface area contributed by atoms with Crippen molar-refractivity contribution in [1.29, 1.82) is 0 Å². The van der Waals surface area contributed by atoms with Gasteiger partial charge in [0.05, 0.1) is 0 Å². The summed E-state index contributed by atoms with van der Waals surface area (Å²) in [5.41, 5.74) is 2.54. The Hall–Kier alpha value is -0.823. The molecule has 1 saturated carbocycles. The van der Waals surface area contributed by atoms with Gasteiger partial charge in [0.2, 0.25) is 0 Å². The van der Waals surface area contributed by atoms with E-state index in [1.807, 2.05) is 0 Å². The van der Waals surface area contributed by atoms with Gasteiger partial charge >= 0.3 is 0 Å². The minimum atomic E-state index is -1.34. The maximum atomic E-state index is 2.54. The summed E-state index contributed by atoms with van der Waals surface area (Å²) >= 11 is 0. The van der Waals surface area contributed by atoms with E-state index in [2.05, 4.69) is 55.2 Å². The highest BCUT2D eigenvalue weighted by Gasteiger charge is 2.19. The number of allylic oxidation sites excluding steroid dienone is 1. The summed E-state index contributed by atoms with van der Waals surface area (Å²) in [5.74, 6) is 0.968. The minimum absolute atomic E-state index is 0.968. The Kier molecular flexibility index (Phi) is 4.82. The average molecular weight is 258 g/mol. The van der Waals surface area contributed by atoms with Crippen LogP contribution in [0.25, 0.3) is 0 Å². The van der Waals surface area contributed by atoms with E-state index in [9.17, 15) is 0 Å². The summed E-state index contributed by atoms with van der Waals surface area (Å²) in [4.78, 5) is 0. The largest absolute Gasteiger partial charge is 0.103 e. The SMILES string of the molecule is C[Si](C)(C=CCC1CCCCC1)c1ccccc1. The van der Waals surface area contributed by atoms with Gasteiger partial charge in [-0.05, 0) is 12.3 Å². The fourth-order valence-electron chi connectivity index (χ4n) is 2.94. The molecule has 0 radical (unpaired) electrons. The fraction of sp³-hybridized carbons (Fsp3) is 0.529. The molecule has 1 aliphatic carbocycles. The molecule has 0 unspecified atom stereocenters. The zero-order valence-corrected chi connectivity index (χ0v) is 12.9. The Balaban J connectivity index is 1.91. The van der Waals surface area contributed by atoms with Gasteiger partial charge in [0, 0.05) is 0 Å². The van der Waals surface area contributed by atoms with Crippen LogP contribution >= 0.6 is 0 Å². The molecule has 0 spiro atoms. The van der Waals surface area contributed by atoms with Crippen LogP contribution in [0.3, 0.4) is 0 Å². The van der Waals surface area contributed by atoms with Gasteiger partial charge in [0.25, 0.3) is 0 Å². The molecule has 2 rings (SSSR count). The van der Waals surface area contributed by atoms with Crippen molar-refractivity contribution >= 4 is 13.3 Å². The molecule has 0 heterocycles. The zero-order chi connectivity index (χ0) is 12.8. The Labute approximate surface area is 113 Å². The molecule has 0 bridgehead atoms. The lowest BCUT2D eigenvalue weighted by atomic mass is 9.87. The van der Waals surface area contributed by atoms with E-state index < -0.39 is 8.07 Å². The third kappa shape index (κ3) is 3.84. The summed E-state index contributed by atoms with van der Waals surface area (Å²) in [6.07, 6.45) is 11.1. The maximum Gasteiger partial charge on any atom is 0.103 e. The fourth-order valence-corrected chi connectivity index (χ4v) is 4.91. The lowest BCUT2D eigenvalue weighted by Gasteiger charge is -2.21. The van der Waals surface area contributed by atoms with Gasteiger partial charge in [-0.2, -0.15) is 0 Å². The molecule has 0 aliphatic heterocycles. The highest BCUT2D eigenvalue weighted by Crippen LogP contribution is 2.26. The van der Waals surface area contributed by atoms with Gasteiger partial charge < -0.3 is 0 Å². The summed E-state index contributed by atoms with van der Waals surface area (Å²) in [5, 5.41) is 1.55.